The Kier molecular flexibility index (Phi) is 5.51. The van der Waals surface area contributed by atoms with Crippen LogP contribution in [0.5, 0.6) is 5.75 Å². The van der Waals surface area contributed by atoms with Gasteiger partial charge < -0.3 is 9.64 Å². The molecule has 3 heterocycles. The molecule has 0 aliphatic carbocycles. The highest BCUT2D eigenvalue weighted by atomic mass is 35.5. The molecule has 5 rings (SSSR count). The molecule has 3 aromatic rings. The number of benzene rings is 2. The lowest BCUT2D eigenvalue weighted by Gasteiger charge is -2.27. The molecule has 2 aliphatic rings. The van der Waals surface area contributed by atoms with Crippen molar-refractivity contribution < 1.29 is 9.53 Å². The van der Waals surface area contributed by atoms with E-state index in [1.54, 1.807) is 18.4 Å². The first-order chi connectivity index (χ1) is 13.6. The predicted molar refractivity (Wildman–Crippen MR) is 118 cm³/mol. The quantitative estimate of drug-likeness (QED) is 0.628. The van der Waals surface area contributed by atoms with Crippen molar-refractivity contribution in [2.75, 3.05) is 33.8 Å². The molecule has 2 fully saturated rings. The number of fused-ring (bicyclic) bond motifs is 2. The van der Waals surface area contributed by atoms with Gasteiger partial charge >= 0.3 is 0 Å². The number of amides is 1. The molecule has 3 atom stereocenters. The van der Waals surface area contributed by atoms with Gasteiger partial charge in [-0.15, -0.1) is 23.7 Å². The topological polar surface area (TPSA) is 45.7 Å². The number of nitrogens with zero attached hydrogens (tertiary/aromatic N) is 3. The largest absolute Gasteiger partial charge is 0.497 e. The van der Waals surface area contributed by atoms with Crippen LogP contribution >= 0.6 is 23.7 Å². The van der Waals surface area contributed by atoms with Crippen molar-refractivity contribution in [2.45, 2.75) is 6.04 Å². The van der Waals surface area contributed by atoms with Crippen LogP contribution in [-0.4, -0.2) is 54.5 Å². The highest BCUT2D eigenvalue weighted by Gasteiger charge is 2.47. The van der Waals surface area contributed by atoms with Crippen molar-refractivity contribution in [3.05, 3.63) is 59.1 Å². The van der Waals surface area contributed by atoms with E-state index in [-0.39, 0.29) is 18.3 Å². The summed E-state index contributed by atoms with van der Waals surface area (Å²) in [5.41, 5.74) is 4.86. The summed E-state index contributed by atoms with van der Waals surface area (Å²) in [6.07, 6.45) is 0. The van der Waals surface area contributed by atoms with Crippen molar-refractivity contribution in [3.8, 4) is 5.75 Å². The first-order valence-electron chi connectivity index (χ1n) is 9.61. The first kappa shape index (κ1) is 20.1. The average molecular weight is 430 g/mol. The first-order valence-corrected chi connectivity index (χ1v) is 10.5. The molecule has 0 unspecified atom stereocenters. The molecule has 0 N–H and O–H groups in total. The number of carbonyl (C=O) groups is 1. The van der Waals surface area contributed by atoms with Gasteiger partial charge in [-0.25, -0.2) is 4.98 Å². The Morgan fingerprint density at radius 1 is 1.14 bits per heavy atom. The highest BCUT2D eigenvalue weighted by Crippen LogP contribution is 2.44. The molecule has 5 nitrogen and oxygen atoms in total. The van der Waals surface area contributed by atoms with Crippen molar-refractivity contribution in [1.29, 1.82) is 0 Å². The molecule has 7 heteroatoms. The van der Waals surface area contributed by atoms with Gasteiger partial charge in [-0.1, -0.05) is 12.1 Å². The van der Waals surface area contributed by atoms with Gasteiger partial charge in [-0.3, -0.25) is 9.69 Å². The van der Waals surface area contributed by atoms with Crippen molar-refractivity contribution in [2.24, 2.45) is 11.8 Å². The Morgan fingerprint density at radius 2 is 1.93 bits per heavy atom. The third-order valence-corrected chi connectivity index (χ3v) is 7.01. The van der Waals surface area contributed by atoms with Crippen LogP contribution in [0.4, 0.5) is 0 Å². The Balaban J connectivity index is 0.00000205. The van der Waals surface area contributed by atoms with Gasteiger partial charge in [0.1, 0.15) is 5.75 Å². The lowest BCUT2D eigenvalue weighted by atomic mass is 9.89. The van der Waals surface area contributed by atoms with Crippen molar-refractivity contribution in [3.63, 3.8) is 0 Å². The van der Waals surface area contributed by atoms with E-state index in [2.05, 4.69) is 29.1 Å². The summed E-state index contributed by atoms with van der Waals surface area (Å²) < 4.78 is 6.37. The number of hydrogen-bond donors (Lipinski definition) is 0. The molecule has 0 bridgehead atoms. The van der Waals surface area contributed by atoms with Crippen molar-refractivity contribution >= 4 is 39.9 Å². The summed E-state index contributed by atoms with van der Waals surface area (Å²) in [6, 6.07) is 14.6. The number of likely N-dealkylation sites (tertiary alicyclic amines) is 2. The fourth-order valence-electron chi connectivity index (χ4n) is 4.90. The van der Waals surface area contributed by atoms with E-state index in [1.165, 1.54) is 5.56 Å². The molecular formula is C22H24ClN3O2S. The van der Waals surface area contributed by atoms with E-state index in [1.807, 2.05) is 40.7 Å². The van der Waals surface area contributed by atoms with Crippen LogP contribution in [-0.2, 0) is 0 Å². The molecule has 0 radical (unpaired) electrons. The zero-order chi connectivity index (χ0) is 19.3. The van der Waals surface area contributed by atoms with Crippen LogP contribution in [0.3, 0.4) is 0 Å². The summed E-state index contributed by atoms with van der Waals surface area (Å²) >= 11 is 1.58. The van der Waals surface area contributed by atoms with E-state index in [9.17, 15) is 4.79 Å². The minimum absolute atomic E-state index is 0. The zero-order valence-electron chi connectivity index (χ0n) is 16.4. The van der Waals surface area contributed by atoms with Gasteiger partial charge in [0, 0.05) is 37.2 Å². The number of hydrogen-bond acceptors (Lipinski definition) is 5. The fourth-order valence-corrected chi connectivity index (χ4v) is 5.61. The van der Waals surface area contributed by atoms with E-state index in [4.69, 9.17) is 4.74 Å². The second kappa shape index (κ2) is 7.94. The summed E-state index contributed by atoms with van der Waals surface area (Å²) in [5, 5.41) is 0. The molecule has 1 aromatic heterocycles. The third kappa shape index (κ3) is 3.50. The minimum Gasteiger partial charge on any atom is -0.497 e. The zero-order valence-corrected chi connectivity index (χ0v) is 18.1. The standard InChI is InChI=1S/C22H23N3O2S.ClH/c1-24-10-16-11-25(22(26)15-5-8-19-20(9-15)28-13-23-19)12-18(16)21(24)14-3-6-17(27-2)7-4-14;/h3-9,13,16,18,21H,10-12H2,1-2H3;1H/t16-,18+,21+;/m0./s1. The second-order valence-corrected chi connectivity index (χ2v) is 8.71. The molecule has 0 saturated carbocycles. The van der Waals surface area contributed by atoms with Gasteiger partial charge in [0.05, 0.1) is 22.8 Å². The second-order valence-electron chi connectivity index (χ2n) is 7.83. The van der Waals surface area contributed by atoms with Crippen LogP contribution in [0.2, 0.25) is 0 Å². The van der Waals surface area contributed by atoms with E-state index >= 15 is 0 Å². The van der Waals surface area contributed by atoms with Crippen LogP contribution in [0, 0.1) is 11.8 Å². The molecule has 0 spiro atoms. The molecule has 2 aromatic carbocycles. The Morgan fingerprint density at radius 3 is 2.69 bits per heavy atom. The van der Waals surface area contributed by atoms with Crippen LogP contribution < -0.4 is 4.74 Å². The van der Waals surface area contributed by atoms with Gasteiger partial charge in [0.2, 0.25) is 0 Å². The number of aromatic nitrogens is 1. The highest BCUT2D eigenvalue weighted by molar-refractivity contribution is 7.16. The molecule has 152 valence electrons. The summed E-state index contributed by atoms with van der Waals surface area (Å²) in [6.45, 7) is 2.67. The molecule has 2 saturated heterocycles. The fraction of sp³-hybridized carbons (Fsp3) is 0.364. The van der Waals surface area contributed by atoms with Crippen LogP contribution in [0.15, 0.2) is 48.0 Å². The normalized spacial score (nSPS) is 23.8. The molecule has 1 amide bonds. The van der Waals surface area contributed by atoms with Gasteiger partial charge in [0.25, 0.3) is 5.91 Å². The van der Waals surface area contributed by atoms with Gasteiger partial charge in [0.15, 0.2) is 0 Å². The number of rotatable bonds is 3. The molecular weight excluding hydrogens is 406 g/mol. The summed E-state index contributed by atoms with van der Waals surface area (Å²) in [4.78, 5) is 21.9. The molecule has 2 aliphatic heterocycles. The maximum absolute atomic E-state index is 13.1. The Bertz CT molecular complexity index is 1020. The number of halogens is 1. The monoisotopic (exact) mass is 429 g/mol. The SMILES string of the molecule is COc1ccc([C@@H]2[C@@H]3CN(C(=O)c4ccc5ncsc5c4)C[C@@H]3CN2C)cc1.Cl. The lowest BCUT2D eigenvalue weighted by Crippen LogP contribution is -2.33. The van der Waals surface area contributed by atoms with E-state index in [0.29, 0.717) is 17.9 Å². The third-order valence-electron chi connectivity index (χ3n) is 6.22. The van der Waals surface area contributed by atoms with Gasteiger partial charge in [-0.2, -0.15) is 0 Å². The summed E-state index contributed by atoms with van der Waals surface area (Å²) in [7, 11) is 3.88. The minimum atomic E-state index is 0. The van der Waals surface area contributed by atoms with Crippen LogP contribution in [0.1, 0.15) is 22.0 Å². The average Bonchev–Trinajstić information content (AvgIpc) is 3.41. The van der Waals surface area contributed by atoms with E-state index < -0.39 is 0 Å². The van der Waals surface area contributed by atoms with E-state index in [0.717, 1.165) is 41.2 Å². The summed E-state index contributed by atoms with van der Waals surface area (Å²) in [5.74, 6) is 2.01. The number of carbonyl (C=O) groups excluding carboxylic acids is 1. The van der Waals surface area contributed by atoms with Crippen LogP contribution in [0.25, 0.3) is 10.2 Å². The maximum atomic E-state index is 13.1. The van der Waals surface area contributed by atoms with Crippen molar-refractivity contribution in [1.82, 2.24) is 14.8 Å². The lowest BCUT2D eigenvalue weighted by molar-refractivity contribution is 0.0768. The number of thiazole rings is 1. The Hall–Kier alpha value is -2.15. The Labute approximate surface area is 180 Å². The number of ether oxygens (including phenoxy) is 1. The number of methoxy groups -OCH3 is 1. The maximum Gasteiger partial charge on any atom is 0.253 e. The van der Waals surface area contributed by atoms with Gasteiger partial charge in [-0.05, 0) is 48.9 Å². The smallest absolute Gasteiger partial charge is 0.253 e. The molecule has 29 heavy (non-hydrogen) atoms. The predicted octanol–water partition coefficient (Wildman–Crippen LogP) is 4.10.